The molecule has 0 aromatic carbocycles. The van der Waals surface area contributed by atoms with E-state index in [0.29, 0.717) is 38.0 Å². The first-order valence-electron chi connectivity index (χ1n) is 14.3. The Kier molecular flexibility index (Phi) is 6.07. The summed E-state index contributed by atoms with van der Waals surface area (Å²) < 4.78 is 0. The molecule has 12 atom stereocenters. The standard InChI is InChI=1S/C30H46O7/c1-16-8-11-29(24(34)35)13-12-27(4)18(22(29)17(16)2)6-7-20-26(3)14-19(32)23(33)30(15-31,25(36)37)21(26)9-10-28(20,27)5/h6,16-17,19-23,31-33H,7-15H2,1-5H3,(H,34,35)(H,36,37). The number of aliphatic hydroxyl groups excluding tert-OH is 3. The topological polar surface area (TPSA) is 135 Å². The van der Waals surface area contributed by atoms with Crippen LogP contribution in [0.25, 0.3) is 0 Å². The largest absolute Gasteiger partial charge is 0.481 e. The predicted molar refractivity (Wildman–Crippen MR) is 137 cm³/mol. The average molecular weight is 519 g/mol. The van der Waals surface area contributed by atoms with Crippen LogP contribution >= 0.6 is 0 Å². The van der Waals surface area contributed by atoms with Crippen LogP contribution in [0.3, 0.4) is 0 Å². The highest BCUT2D eigenvalue weighted by Crippen LogP contribution is 2.75. The van der Waals surface area contributed by atoms with Gasteiger partial charge in [-0.15, -0.1) is 0 Å². The molecule has 5 rings (SSSR count). The third-order valence-electron chi connectivity index (χ3n) is 13.5. The van der Waals surface area contributed by atoms with Crippen LogP contribution in [0.1, 0.15) is 86.0 Å². The lowest BCUT2D eigenvalue weighted by atomic mass is 9.33. The van der Waals surface area contributed by atoms with E-state index in [-0.39, 0.29) is 28.6 Å². The Labute approximate surface area is 220 Å². The van der Waals surface area contributed by atoms with E-state index in [2.05, 4.69) is 40.7 Å². The number of hydrogen-bond donors (Lipinski definition) is 5. The van der Waals surface area contributed by atoms with Gasteiger partial charge in [-0.25, -0.2) is 0 Å². The van der Waals surface area contributed by atoms with Gasteiger partial charge in [0.05, 0.1) is 24.2 Å². The molecule has 4 fully saturated rings. The molecule has 5 aliphatic rings. The molecular formula is C30H46O7. The summed E-state index contributed by atoms with van der Waals surface area (Å²) in [6.45, 7) is 10.5. The van der Waals surface area contributed by atoms with Crippen LogP contribution in [0.5, 0.6) is 0 Å². The molecule has 12 unspecified atom stereocenters. The molecule has 4 saturated carbocycles. The van der Waals surface area contributed by atoms with Gasteiger partial charge in [0.15, 0.2) is 0 Å². The zero-order valence-electron chi connectivity index (χ0n) is 23.0. The third kappa shape index (κ3) is 3.05. The molecule has 5 N–H and O–H groups in total. The van der Waals surface area contributed by atoms with Crippen molar-refractivity contribution in [3.8, 4) is 0 Å². The Morgan fingerprint density at radius 1 is 0.946 bits per heavy atom. The minimum absolute atomic E-state index is 0.00914. The fraction of sp³-hybridized carbons (Fsp3) is 0.867. The van der Waals surface area contributed by atoms with E-state index in [1.165, 1.54) is 5.57 Å². The Morgan fingerprint density at radius 2 is 1.62 bits per heavy atom. The second kappa shape index (κ2) is 8.28. The smallest absolute Gasteiger partial charge is 0.315 e. The van der Waals surface area contributed by atoms with E-state index in [4.69, 9.17) is 0 Å². The highest BCUT2D eigenvalue weighted by atomic mass is 16.4. The number of fused-ring (bicyclic) bond motifs is 7. The number of rotatable bonds is 3. The number of hydrogen-bond acceptors (Lipinski definition) is 5. The van der Waals surface area contributed by atoms with Crippen LogP contribution in [0.2, 0.25) is 0 Å². The number of aliphatic hydroxyl groups is 3. The van der Waals surface area contributed by atoms with Gasteiger partial charge in [0.1, 0.15) is 5.41 Å². The molecule has 7 heteroatoms. The van der Waals surface area contributed by atoms with E-state index in [9.17, 15) is 35.1 Å². The monoisotopic (exact) mass is 518 g/mol. The van der Waals surface area contributed by atoms with Gasteiger partial charge in [0.2, 0.25) is 0 Å². The van der Waals surface area contributed by atoms with Crippen molar-refractivity contribution in [2.45, 2.75) is 98.2 Å². The number of carbonyl (C=O) groups is 2. The molecule has 0 saturated heterocycles. The van der Waals surface area contributed by atoms with Gasteiger partial charge in [-0.05, 0) is 97.2 Å². The lowest BCUT2D eigenvalue weighted by molar-refractivity contribution is -0.251. The lowest BCUT2D eigenvalue weighted by Crippen LogP contribution is -2.70. The van der Waals surface area contributed by atoms with E-state index >= 15 is 0 Å². The van der Waals surface area contributed by atoms with E-state index in [1.807, 2.05) is 0 Å². The van der Waals surface area contributed by atoms with Gasteiger partial charge in [0, 0.05) is 0 Å². The highest BCUT2D eigenvalue weighted by Gasteiger charge is 2.72. The second-order valence-electron chi connectivity index (χ2n) is 14.3. The van der Waals surface area contributed by atoms with Crippen LogP contribution in [-0.2, 0) is 9.59 Å². The number of aliphatic carboxylic acids is 2. The molecule has 0 aromatic rings. The zero-order valence-corrected chi connectivity index (χ0v) is 23.0. The minimum Gasteiger partial charge on any atom is -0.481 e. The van der Waals surface area contributed by atoms with Crippen LogP contribution in [-0.4, -0.2) is 56.3 Å². The third-order valence-corrected chi connectivity index (χ3v) is 13.5. The first kappa shape index (κ1) is 27.1. The van der Waals surface area contributed by atoms with E-state index in [0.717, 1.165) is 19.3 Å². The van der Waals surface area contributed by atoms with Gasteiger partial charge < -0.3 is 25.5 Å². The quantitative estimate of drug-likeness (QED) is 0.355. The molecule has 37 heavy (non-hydrogen) atoms. The van der Waals surface area contributed by atoms with E-state index in [1.54, 1.807) is 0 Å². The second-order valence-corrected chi connectivity index (χ2v) is 14.3. The van der Waals surface area contributed by atoms with E-state index < -0.39 is 52.9 Å². The number of carboxylic acids is 2. The molecular weight excluding hydrogens is 472 g/mol. The summed E-state index contributed by atoms with van der Waals surface area (Å²) in [7, 11) is 0. The lowest BCUT2D eigenvalue weighted by Gasteiger charge is -2.71. The van der Waals surface area contributed by atoms with Crippen molar-refractivity contribution in [2.24, 2.45) is 56.7 Å². The Hall–Kier alpha value is -1.44. The van der Waals surface area contributed by atoms with Gasteiger partial charge >= 0.3 is 11.9 Å². The molecule has 7 nitrogen and oxygen atoms in total. The van der Waals surface area contributed by atoms with Crippen molar-refractivity contribution in [3.05, 3.63) is 11.6 Å². The first-order valence-corrected chi connectivity index (χ1v) is 14.3. The summed E-state index contributed by atoms with van der Waals surface area (Å²) in [6.07, 6.45) is 4.94. The SMILES string of the molecule is CC1CCC2(C(=O)O)CCC3(C)C(=CCC4C5(C)CC(O)C(O)C(CO)(C(=O)O)C5CCC43C)C2C1C. The molecule has 0 bridgehead atoms. The van der Waals surface area contributed by atoms with Gasteiger partial charge in [-0.1, -0.05) is 46.3 Å². The predicted octanol–water partition coefficient (Wildman–Crippen LogP) is 4.10. The normalized spacial score (nSPS) is 55.1. The zero-order chi connectivity index (χ0) is 27.3. The molecule has 5 aliphatic carbocycles. The molecule has 0 spiro atoms. The van der Waals surface area contributed by atoms with Crippen molar-refractivity contribution in [1.82, 2.24) is 0 Å². The van der Waals surface area contributed by atoms with Crippen LogP contribution in [0, 0.1) is 56.7 Å². The molecule has 0 heterocycles. The maximum absolute atomic E-state index is 12.8. The Balaban J connectivity index is 1.64. The summed E-state index contributed by atoms with van der Waals surface area (Å²) >= 11 is 0. The molecule has 0 aromatic heterocycles. The van der Waals surface area contributed by atoms with Crippen molar-refractivity contribution < 1.29 is 35.1 Å². The summed E-state index contributed by atoms with van der Waals surface area (Å²) in [5.74, 6) is -1.61. The Bertz CT molecular complexity index is 1020. The van der Waals surface area contributed by atoms with Crippen molar-refractivity contribution in [2.75, 3.05) is 6.61 Å². The van der Waals surface area contributed by atoms with Gasteiger partial charge in [-0.2, -0.15) is 0 Å². The Morgan fingerprint density at radius 3 is 2.22 bits per heavy atom. The van der Waals surface area contributed by atoms with Crippen LogP contribution in [0.4, 0.5) is 0 Å². The molecule has 0 aliphatic heterocycles. The fourth-order valence-corrected chi connectivity index (χ4v) is 11.0. The fourth-order valence-electron chi connectivity index (χ4n) is 11.0. The highest BCUT2D eigenvalue weighted by molar-refractivity contribution is 5.77. The van der Waals surface area contributed by atoms with Crippen LogP contribution < -0.4 is 0 Å². The molecule has 0 radical (unpaired) electrons. The maximum Gasteiger partial charge on any atom is 0.315 e. The van der Waals surface area contributed by atoms with Crippen molar-refractivity contribution in [1.29, 1.82) is 0 Å². The summed E-state index contributed by atoms with van der Waals surface area (Å²) in [5, 5.41) is 53.1. The summed E-state index contributed by atoms with van der Waals surface area (Å²) in [4.78, 5) is 25.4. The summed E-state index contributed by atoms with van der Waals surface area (Å²) in [5.41, 5.74) is -2.26. The van der Waals surface area contributed by atoms with Gasteiger partial charge in [0.25, 0.3) is 0 Å². The van der Waals surface area contributed by atoms with Crippen molar-refractivity contribution in [3.63, 3.8) is 0 Å². The summed E-state index contributed by atoms with van der Waals surface area (Å²) in [6, 6.07) is 0. The minimum atomic E-state index is -1.79. The van der Waals surface area contributed by atoms with Crippen LogP contribution in [0.15, 0.2) is 11.6 Å². The number of allylic oxidation sites excluding steroid dienone is 2. The van der Waals surface area contributed by atoms with Gasteiger partial charge in [-0.3, -0.25) is 9.59 Å². The molecule has 0 amide bonds. The maximum atomic E-state index is 12.8. The first-order chi connectivity index (χ1) is 17.2. The number of carboxylic acid groups (broad SMARTS) is 2. The van der Waals surface area contributed by atoms with Crippen molar-refractivity contribution >= 4 is 11.9 Å². The molecule has 208 valence electrons. The average Bonchev–Trinajstić information content (AvgIpc) is 2.83.